The molecular weight excluding hydrogens is 368 g/mol. The summed E-state index contributed by atoms with van der Waals surface area (Å²) in [5, 5.41) is 3.90. The van der Waals surface area contributed by atoms with Gasteiger partial charge in [0.25, 0.3) is 0 Å². The maximum Gasteiger partial charge on any atom is 0.339 e. The van der Waals surface area contributed by atoms with E-state index in [1.54, 1.807) is 24.3 Å². The van der Waals surface area contributed by atoms with E-state index in [1.165, 1.54) is 31.5 Å². The molecule has 1 fully saturated rings. The Morgan fingerprint density at radius 3 is 2.48 bits per heavy atom. The number of amides is 1. The monoisotopic (exact) mass is 388 g/mol. The summed E-state index contributed by atoms with van der Waals surface area (Å²) >= 11 is 0. The van der Waals surface area contributed by atoms with Gasteiger partial charge < -0.3 is 8.92 Å². The molecule has 7 nitrogen and oxygen atoms in total. The molecule has 1 amide bonds. The first-order chi connectivity index (χ1) is 12.9. The van der Waals surface area contributed by atoms with Gasteiger partial charge in [0, 0.05) is 5.92 Å². The molecule has 0 heterocycles. The van der Waals surface area contributed by atoms with E-state index in [4.69, 9.17) is 8.92 Å². The molecule has 3 rings (SSSR count). The van der Waals surface area contributed by atoms with Crippen LogP contribution in [0.1, 0.15) is 24.0 Å². The molecule has 1 aliphatic rings. The van der Waals surface area contributed by atoms with Crippen LogP contribution in [0.25, 0.3) is 0 Å². The summed E-state index contributed by atoms with van der Waals surface area (Å²) in [6.45, 7) is 1.87. The number of hydrogen-bond donors (Lipinski definition) is 1. The van der Waals surface area contributed by atoms with Crippen LogP contribution in [-0.2, 0) is 14.9 Å². The minimum atomic E-state index is -3.98. The van der Waals surface area contributed by atoms with Gasteiger partial charge in [0.05, 0.1) is 13.3 Å². The minimum absolute atomic E-state index is 0.0589. The zero-order valence-corrected chi connectivity index (χ0v) is 15.8. The Morgan fingerprint density at radius 1 is 1.15 bits per heavy atom. The van der Waals surface area contributed by atoms with Crippen molar-refractivity contribution >= 4 is 22.2 Å². The Balaban J connectivity index is 1.74. The fraction of sp³-hybridized carbons (Fsp3) is 0.263. The van der Waals surface area contributed by atoms with E-state index in [2.05, 4.69) is 10.5 Å². The molecule has 8 heteroatoms. The summed E-state index contributed by atoms with van der Waals surface area (Å²) in [5.41, 5.74) is 4.05. The van der Waals surface area contributed by atoms with E-state index in [0.29, 0.717) is 5.56 Å². The van der Waals surface area contributed by atoms with Crippen molar-refractivity contribution in [3.05, 3.63) is 53.6 Å². The minimum Gasteiger partial charge on any atom is -0.493 e. The lowest BCUT2D eigenvalue weighted by Gasteiger charge is -2.11. The van der Waals surface area contributed by atoms with Gasteiger partial charge in [-0.1, -0.05) is 17.7 Å². The number of carbonyl (C=O) groups is 1. The fourth-order valence-corrected chi connectivity index (χ4v) is 3.25. The molecule has 1 N–H and O–H groups in total. The summed E-state index contributed by atoms with van der Waals surface area (Å²) in [4.78, 5) is 11.6. The SMILES string of the molecule is COc1cc(/C=N/NC(=O)C2CC2)ccc1OS(=O)(=O)c1ccc(C)cc1. The number of hydrogen-bond acceptors (Lipinski definition) is 6. The Labute approximate surface area is 158 Å². The van der Waals surface area contributed by atoms with E-state index >= 15 is 0 Å². The van der Waals surface area contributed by atoms with Gasteiger partial charge in [-0.3, -0.25) is 4.79 Å². The lowest BCUT2D eigenvalue weighted by atomic mass is 10.2. The highest BCUT2D eigenvalue weighted by molar-refractivity contribution is 7.87. The maximum absolute atomic E-state index is 12.4. The van der Waals surface area contributed by atoms with Crippen LogP contribution >= 0.6 is 0 Å². The van der Waals surface area contributed by atoms with Crippen molar-refractivity contribution in [3.63, 3.8) is 0 Å². The van der Waals surface area contributed by atoms with Gasteiger partial charge in [0.1, 0.15) is 4.90 Å². The lowest BCUT2D eigenvalue weighted by molar-refractivity contribution is -0.122. The van der Waals surface area contributed by atoms with Gasteiger partial charge in [-0.2, -0.15) is 13.5 Å². The molecule has 1 aliphatic carbocycles. The topological polar surface area (TPSA) is 94.1 Å². The number of benzene rings is 2. The zero-order chi connectivity index (χ0) is 19.4. The van der Waals surface area contributed by atoms with Crippen LogP contribution in [0.15, 0.2) is 52.5 Å². The number of methoxy groups -OCH3 is 1. The Hall–Kier alpha value is -2.87. The number of nitrogens with one attached hydrogen (secondary N) is 1. The molecule has 27 heavy (non-hydrogen) atoms. The molecule has 0 unspecified atom stereocenters. The molecule has 0 bridgehead atoms. The number of rotatable bonds is 7. The number of nitrogens with zero attached hydrogens (tertiary/aromatic N) is 1. The van der Waals surface area contributed by atoms with Crippen LogP contribution in [0.3, 0.4) is 0 Å². The quantitative estimate of drug-likeness (QED) is 0.447. The molecule has 0 aromatic heterocycles. The molecular formula is C19H20N2O5S. The third-order valence-electron chi connectivity index (χ3n) is 4.03. The van der Waals surface area contributed by atoms with Gasteiger partial charge in [-0.05, 0) is 55.7 Å². The summed E-state index contributed by atoms with van der Waals surface area (Å²) in [6.07, 6.45) is 3.26. The van der Waals surface area contributed by atoms with Crippen molar-refractivity contribution in [2.45, 2.75) is 24.7 Å². The Morgan fingerprint density at radius 2 is 1.85 bits per heavy atom. The molecule has 0 atom stereocenters. The van der Waals surface area contributed by atoms with Crippen LogP contribution in [-0.4, -0.2) is 27.6 Å². The first-order valence-corrected chi connectivity index (χ1v) is 9.82. The van der Waals surface area contributed by atoms with Crippen LogP contribution in [0.4, 0.5) is 0 Å². The second kappa shape index (κ2) is 7.79. The summed E-state index contributed by atoms with van der Waals surface area (Å²) in [6, 6.07) is 11.0. The van der Waals surface area contributed by atoms with Crippen molar-refractivity contribution in [2.24, 2.45) is 11.0 Å². The molecule has 2 aromatic rings. The highest BCUT2D eigenvalue weighted by Gasteiger charge is 2.29. The second-order valence-corrected chi connectivity index (χ2v) is 7.82. The van der Waals surface area contributed by atoms with Gasteiger partial charge in [0.2, 0.25) is 5.91 Å². The maximum atomic E-state index is 12.4. The van der Waals surface area contributed by atoms with Crippen molar-refractivity contribution < 1.29 is 22.1 Å². The number of hydrazone groups is 1. The predicted octanol–water partition coefficient (Wildman–Crippen LogP) is 2.63. The number of carbonyl (C=O) groups excluding carboxylic acids is 1. The summed E-state index contributed by atoms with van der Waals surface area (Å²) < 4.78 is 35.3. The van der Waals surface area contributed by atoms with Gasteiger partial charge >= 0.3 is 10.1 Å². The zero-order valence-electron chi connectivity index (χ0n) is 15.0. The molecule has 0 saturated heterocycles. The fourth-order valence-electron chi connectivity index (χ4n) is 2.31. The van der Waals surface area contributed by atoms with Crippen molar-refractivity contribution in [2.75, 3.05) is 7.11 Å². The molecule has 0 spiro atoms. The normalized spacial score (nSPS) is 14.1. The van der Waals surface area contributed by atoms with E-state index in [0.717, 1.165) is 18.4 Å². The average Bonchev–Trinajstić information content (AvgIpc) is 3.48. The summed E-state index contributed by atoms with van der Waals surface area (Å²) in [7, 11) is -2.56. The smallest absolute Gasteiger partial charge is 0.339 e. The molecule has 0 radical (unpaired) electrons. The van der Waals surface area contributed by atoms with E-state index in [1.807, 2.05) is 6.92 Å². The standard InChI is InChI=1S/C19H20N2O5S/c1-13-3-8-16(9-4-13)27(23,24)26-17-10-5-14(11-18(17)25-2)12-20-21-19(22)15-6-7-15/h3-5,8-12,15H,6-7H2,1-2H3,(H,21,22)/b20-12+. The van der Waals surface area contributed by atoms with Crippen molar-refractivity contribution in [1.29, 1.82) is 0 Å². The van der Waals surface area contributed by atoms with E-state index in [-0.39, 0.29) is 28.2 Å². The molecule has 0 aliphatic heterocycles. The second-order valence-electron chi connectivity index (χ2n) is 6.27. The van der Waals surface area contributed by atoms with Crippen molar-refractivity contribution in [1.82, 2.24) is 5.43 Å². The predicted molar refractivity (Wildman–Crippen MR) is 100 cm³/mol. The number of aryl methyl sites for hydroxylation is 1. The Kier molecular flexibility index (Phi) is 5.46. The highest BCUT2D eigenvalue weighted by atomic mass is 32.2. The average molecular weight is 388 g/mol. The third-order valence-corrected chi connectivity index (χ3v) is 5.28. The highest BCUT2D eigenvalue weighted by Crippen LogP contribution is 2.31. The summed E-state index contributed by atoms with van der Waals surface area (Å²) in [5.74, 6) is 0.280. The first-order valence-electron chi connectivity index (χ1n) is 8.41. The lowest BCUT2D eigenvalue weighted by Crippen LogP contribution is -2.18. The van der Waals surface area contributed by atoms with Gasteiger partial charge in [0.15, 0.2) is 11.5 Å². The van der Waals surface area contributed by atoms with E-state index < -0.39 is 10.1 Å². The third kappa shape index (κ3) is 4.85. The Bertz CT molecular complexity index is 964. The molecule has 1 saturated carbocycles. The van der Waals surface area contributed by atoms with Crippen molar-refractivity contribution in [3.8, 4) is 11.5 Å². The van der Waals surface area contributed by atoms with Gasteiger partial charge in [-0.15, -0.1) is 0 Å². The van der Waals surface area contributed by atoms with Gasteiger partial charge in [-0.25, -0.2) is 5.43 Å². The van der Waals surface area contributed by atoms with Crippen LogP contribution in [0.5, 0.6) is 11.5 Å². The molecule has 142 valence electrons. The van der Waals surface area contributed by atoms with Crippen LogP contribution < -0.4 is 14.3 Å². The van der Waals surface area contributed by atoms with Crippen LogP contribution in [0, 0.1) is 12.8 Å². The van der Waals surface area contributed by atoms with Crippen LogP contribution in [0.2, 0.25) is 0 Å². The largest absolute Gasteiger partial charge is 0.493 e. The number of ether oxygens (including phenoxy) is 1. The molecule has 2 aromatic carbocycles. The van der Waals surface area contributed by atoms with E-state index in [9.17, 15) is 13.2 Å². The first kappa shape index (κ1) is 18.9.